The van der Waals surface area contributed by atoms with Crippen LogP contribution in [-0.2, 0) is 5.75 Å². The van der Waals surface area contributed by atoms with Gasteiger partial charge in [-0.1, -0.05) is 6.07 Å². The first-order valence-corrected chi connectivity index (χ1v) is 5.76. The average Bonchev–Trinajstić information content (AvgIpc) is 2.28. The van der Waals surface area contributed by atoms with E-state index in [2.05, 4.69) is 23.0 Å². The van der Waals surface area contributed by atoms with Crippen molar-refractivity contribution in [3.63, 3.8) is 0 Å². The van der Waals surface area contributed by atoms with Crippen LogP contribution in [0.5, 0.6) is 0 Å². The van der Waals surface area contributed by atoms with E-state index in [9.17, 15) is 0 Å². The van der Waals surface area contributed by atoms with Crippen LogP contribution in [-0.4, -0.2) is 9.97 Å². The number of hydrogen-bond acceptors (Lipinski definition) is 3. The number of pyridine rings is 2. The molecule has 2 rings (SSSR count). The Hall–Kier alpha value is -1.35. The highest BCUT2D eigenvalue weighted by molar-refractivity contribution is 7.98. The lowest BCUT2D eigenvalue weighted by molar-refractivity contribution is 1.20. The highest BCUT2D eigenvalue weighted by atomic mass is 32.2. The standard InChI is InChI=1S/C12H12N2S/c1-10-6-11(8-14-7-10)9-15-12-2-4-13-5-3-12/h2-8H,9H2,1H3. The molecular formula is C12H12N2S. The van der Waals surface area contributed by atoms with Crippen molar-refractivity contribution in [1.82, 2.24) is 9.97 Å². The van der Waals surface area contributed by atoms with Crippen LogP contribution in [0.25, 0.3) is 0 Å². The molecule has 2 nitrogen and oxygen atoms in total. The molecule has 0 aliphatic carbocycles. The van der Waals surface area contributed by atoms with Crippen molar-refractivity contribution in [1.29, 1.82) is 0 Å². The molecule has 2 aromatic heterocycles. The molecule has 0 saturated heterocycles. The maximum absolute atomic E-state index is 4.17. The van der Waals surface area contributed by atoms with Crippen LogP contribution in [0.4, 0.5) is 0 Å². The summed E-state index contributed by atoms with van der Waals surface area (Å²) in [6, 6.07) is 6.21. The Labute approximate surface area is 93.8 Å². The summed E-state index contributed by atoms with van der Waals surface area (Å²) in [6.45, 7) is 2.06. The van der Waals surface area contributed by atoms with Gasteiger partial charge in [-0.15, -0.1) is 11.8 Å². The second-order valence-electron chi connectivity index (χ2n) is 3.34. The van der Waals surface area contributed by atoms with Crippen LogP contribution in [0.15, 0.2) is 47.9 Å². The molecule has 0 aromatic carbocycles. The zero-order valence-corrected chi connectivity index (χ0v) is 9.37. The fourth-order valence-electron chi connectivity index (χ4n) is 1.30. The van der Waals surface area contributed by atoms with E-state index >= 15 is 0 Å². The van der Waals surface area contributed by atoms with Gasteiger partial charge in [0.25, 0.3) is 0 Å². The Morgan fingerprint density at radius 2 is 1.93 bits per heavy atom. The minimum absolute atomic E-state index is 0.957. The molecule has 0 N–H and O–H groups in total. The Bertz CT molecular complexity index is 429. The average molecular weight is 216 g/mol. The molecule has 0 atom stereocenters. The quantitative estimate of drug-likeness (QED) is 0.737. The molecule has 0 spiro atoms. The highest BCUT2D eigenvalue weighted by Crippen LogP contribution is 2.21. The maximum atomic E-state index is 4.17. The fraction of sp³-hybridized carbons (Fsp3) is 0.167. The van der Waals surface area contributed by atoms with Gasteiger partial charge in [0.15, 0.2) is 0 Å². The number of nitrogens with zero attached hydrogens (tertiary/aromatic N) is 2. The zero-order valence-electron chi connectivity index (χ0n) is 8.55. The summed E-state index contributed by atoms with van der Waals surface area (Å²) in [5.74, 6) is 0.957. The third-order valence-corrected chi connectivity index (χ3v) is 3.07. The molecule has 0 aliphatic rings. The summed E-state index contributed by atoms with van der Waals surface area (Å²) in [4.78, 5) is 9.40. The van der Waals surface area contributed by atoms with E-state index in [-0.39, 0.29) is 0 Å². The summed E-state index contributed by atoms with van der Waals surface area (Å²) in [6.07, 6.45) is 7.43. The van der Waals surface area contributed by atoms with Gasteiger partial charge in [0.1, 0.15) is 0 Å². The first kappa shape index (κ1) is 10.2. The van der Waals surface area contributed by atoms with Crippen LogP contribution >= 0.6 is 11.8 Å². The number of aromatic nitrogens is 2. The topological polar surface area (TPSA) is 25.8 Å². The second-order valence-corrected chi connectivity index (χ2v) is 4.39. The normalized spacial score (nSPS) is 10.2. The lowest BCUT2D eigenvalue weighted by Gasteiger charge is -2.01. The van der Waals surface area contributed by atoms with E-state index < -0.39 is 0 Å². The monoisotopic (exact) mass is 216 g/mol. The van der Waals surface area contributed by atoms with Gasteiger partial charge in [0, 0.05) is 35.4 Å². The van der Waals surface area contributed by atoms with E-state index in [4.69, 9.17) is 0 Å². The van der Waals surface area contributed by atoms with Gasteiger partial charge in [-0.2, -0.15) is 0 Å². The molecule has 0 amide bonds. The minimum Gasteiger partial charge on any atom is -0.265 e. The van der Waals surface area contributed by atoms with Gasteiger partial charge in [-0.3, -0.25) is 9.97 Å². The molecular weight excluding hydrogens is 204 g/mol. The Morgan fingerprint density at radius 1 is 1.13 bits per heavy atom. The number of hydrogen-bond donors (Lipinski definition) is 0. The van der Waals surface area contributed by atoms with Gasteiger partial charge in [-0.05, 0) is 30.2 Å². The lowest BCUT2D eigenvalue weighted by Crippen LogP contribution is -1.84. The van der Waals surface area contributed by atoms with Crippen molar-refractivity contribution in [2.24, 2.45) is 0 Å². The van der Waals surface area contributed by atoms with Crippen molar-refractivity contribution in [3.8, 4) is 0 Å². The maximum Gasteiger partial charge on any atom is 0.0308 e. The van der Waals surface area contributed by atoms with Crippen LogP contribution < -0.4 is 0 Å². The fourth-order valence-corrected chi connectivity index (χ4v) is 2.10. The first-order chi connectivity index (χ1) is 7.34. The summed E-state index contributed by atoms with van der Waals surface area (Å²) in [7, 11) is 0. The predicted molar refractivity (Wildman–Crippen MR) is 62.8 cm³/mol. The number of aryl methyl sites for hydroxylation is 1. The van der Waals surface area contributed by atoms with E-state index in [1.807, 2.05) is 36.9 Å². The second kappa shape index (κ2) is 4.94. The molecule has 0 radical (unpaired) electrons. The van der Waals surface area contributed by atoms with E-state index in [0.717, 1.165) is 5.75 Å². The predicted octanol–water partition coefficient (Wildman–Crippen LogP) is 3.08. The largest absolute Gasteiger partial charge is 0.265 e. The summed E-state index contributed by atoms with van der Waals surface area (Å²) in [5, 5.41) is 0. The number of rotatable bonds is 3. The van der Waals surface area contributed by atoms with E-state index in [1.54, 1.807) is 11.8 Å². The molecule has 0 saturated carbocycles. The first-order valence-electron chi connectivity index (χ1n) is 4.78. The van der Waals surface area contributed by atoms with Crippen LogP contribution in [0.2, 0.25) is 0 Å². The van der Waals surface area contributed by atoms with Crippen molar-refractivity contribution in [2.75, 3.05) is 0 Å². The molecule has 2 heterocycles. The summed E-state index contributed by atoms with van der Waals surface area (Å²) < 4.78 is 0. The van der Waals surface area contributed by atoms with Gasteiger partial charge in [0.2, 0.25) is 0 Å². The molecule has 3 heteroatoms. The van der Waals surface area contributed by atoms with Gasteiger partial charge >= 0.3 is 0 Å². The Balaban J connectivity index is 1.99. The van der Waals surface area contributed by atoms with E-state index in [1.165, 1.54) is 16.0 Å². The van der Waals surface area contributed by atoms with E-state index in [0.29, 0.717) is 0 Å². The third kappa shape index (κ3) is 3.06. The van der Waals surface area contributed by atoms with Crippen molar-refractivity contribution < 1.29 is 0 Å². The van der Waals surface area contributed by atoms with Gasteiger partial charge in [-0.25, -0.2) is 0 Å². The molecule has 15 heavy (non-hydrogen) atoms. The molecule has 0 fully saturated rings. The molecule has 76 valence electrons. The van der Waals surface area contributed by atoms with Crippen molar-refractivity contribution >= 4 is 11.8 Å². The number of thioether (sulfide) groups is 1. The SMILES string of the molecule is Cc1cncc(CSc2ccncc2)c1. The zero-order chi connectivity index (χ0) is 10.5. The van der Waals surface area contributed by atoms with Crippen molar-refractivity contribution in [3.05, 3.63) is 54.1 Å². The molecule has 0 bridgehead atoms. The van der Waals surface area contributed by atoms with Crippen LogP contribution in [0, 0.1) is 6.92 Å². The third-order valence-electron chi connectivity index (χ3n) is 1.99. The van der Waals surface area contributed by atoms with Crippen molar-refractivity contribution in [2.45, 2.75) is 17.6 Å². The van der Waals surface area contributed by atoms with Gasteiger partial charge < -0.3 is 0 Å². The molecule has 2 aromatic rings. The lowest BCUT2D eigenvalue weighted by atomic mass is 10.2. The van der Waals surface area contributed by atoms with Crippen LogP contribution in [0.3, 0.4) is 0 Å². The Morgan fingerprint density at radius 3 is 2.67 bits per heavy atom. The minimum atomic E-state index is 0.957. The van der Waals surface area contributed by atoms with Crippen LogP contribution in [0.1, 0.15) is 11.1 Å². The Kier molecular flexibility index (Phi) is 3.35. The molecule has 0 unspecified atom stereocenters. The highest BCUT2D eigenvalue weighted by Gasteiger charge is 1.96. The molecule has 0 aliphatic heterocycles. The smallest absolute Gasteiger partial charge is 0.0308 e. The summed E-state index contributed by atoms with van der Waals surface area (Å²) >= 11 is 1.80. The summed E-state index contributed by atoms with van der Waals surface area (Å²) in [5.41, 5.74) is 2.47. The van der Waals surface area contributed by atoms with Gasteiger partial charge in [0.05, 0.1) is 0 Å².